The van der Waals surface area contributed by atoms with E-state index in [-0.39, 0.29) is 18.3 Å². The normalized spacial score (nSPS) is 11.1. The smallest absolute Gasteiger partial charge is 0.224 e. The van der Waals surface area contributed by atoms with Gasteiger partial charge in [-0.15, -0.1) is 0 Å². The zero-order valence-electron chi connectivity index (χ0n) is 21.5. The zero-order chi connectivity index (χ0) is 25.3. The molecule has 2 rings (SSSR count). The molecule has 35 heavy (non-hydrogen) atoms. The van der Waals surface area contributed by atoms with E-state index in [1.807, 2.05) is 36.2 Å². The van der Waals surface area contributed by atoms with Crippen molar-refractivity contribution in [3.63, 3.8) is 0 Å². The lowest BCUT2D eigenvalue weighted by Gasteiger charge is -2.17. The Labute approximate surface area is 211 Å². The van der Waals surface area contributed by atoms with E-state index in [1.54, 1.807) is 36.4 Å². The number of aliphatic hydroxyl groups excluding tert-OH is 1. The summed E-state index contributed by atoms with van der Waals surface area (Å²) in [5.41, 5.74) is 3.24. The van der Waals surface area contributed by atoms with Crippen LogP contribution < -0.4 is 10.2 Å². The molecule has 2 N–H and O–H groups in total. The third kappa shape index (κ3) is 11.4. The molecule has 2 aromatic carbocycles. The lowest BCUT2D eigenvalue weighted by molar-refractivity contribution is -0.116. The van der Waals surface area contributed by atoms with Gasteiger partial charge < -0.3 is 15.3 Å². The van der Waals surface area contributed by atoms with Gasteiger partial charge in [0.05, 0.1) is 6.61 Å². The lowest BCUT2D eigenvalue weighted by Crippen LogP contribution is -2.20. The van der Waals surface area contributed by atoms with Crippen molar-refractivity contribution in [3.8, 4) is 0 Å². The summed E-state index contributed by atoms with van der Waals surface area (Å²) in [4.78, 5) is 26.7. The Morgan fingerprint density at radius 3 is 2.06 bits per heavy atom. The average molecular weight is 479 g/mol. The number of amides is 1. The first-order valence-corrected chi connectivity index (χ1v) is 13.1. The molecular weight excluding hydrogens is 436 g/mol. The first-order chi connectivity index (χ1) is 17.0. The van der Waals surface area contributed by atoms with Gasteiger partial charge in [0.25, 0.3) is 0 Å². The standard InChI is InChI=1S/C30H42N2O3/c1-3-4-5-6-7-8-9-10-11-12-30(35)31-27-18-16-26(17-19-27)29(34)22-15-25-13-20-28(21-14-25)32(2)23-24-33/h13-22,33H,3-12,23-24H2,1-2H3,(H,31,35)/b22-15+. The maximum atomic E-state index is 12.5. The fraction of sp³-hybridized carbons (Fsp3) is 0.467. The number of allylic oxidation sites excluding steroid dienone is 1. The van der Waals surface area contributed by atoms with Crippen LogP contribution in [0.4, 0.5) is 11.4 Å². The molecule has 0 atom stereocenters. The van der Waals surface area contributed by atoms with Crippen LogP contribution in [0, 0.1) is 0 Å². The van der Waals surface area contributed by atoms with Crippen LogP contribution in [0.5, 0.6) is 0 Å². The molecule has 0 aliphatic rings. The number of ketones is 1. The highest BCUT2D eigenvalue weighted by molar-refractivity contribution is 6.07. The van der Waals surface area contributed by atoms with E-state index < -0.39 is 0 Å². The molecular formula is C30H42N2O3. The van der Waals surface area contributed by atoms with E-state index in [0.717, 1.165) is 24.1 Å². The van der Waals surface area contributed by atoms with Gasteiger partial charge in [0, 0.05) is 37.0 Å². The molecule has 0 radical (unpaired) electrons. The first-order valence-electron chi connectivity index (χ1n) is 13.1. The molecule has 2 aromatic rings. The molecule has 0 spiro atoms. The van der Waals surface area contributed by atoms with E-state index in [2.05, 4.69) is 12.2 Å². The minimum absolute atomic E-state index is 0.0278. The van der Waals surface area contributed by atoms with Crippen LogP contribution >= 0.6 is 0 Å². The second-order valence-electron chi connectivity index (χ2n) is 9.14. The van der Waals surface area contributed by atoms with Crippen molar-refractivity contribution in [1.29, 1.82) is 0 Å². The second-order valence-corrected chi connectivity index (χ2v) is 9.14. The van der Waals surface area contributed by atoms with Gasteiger partial charge in [-0.3, -0.25) is 9.59 Å². The number of hydrogen-bond acceptors (Lipinski definition) is 4. The Bertz CT molecular complexity index is 904. The zero-order valence-corrected chi connectivity index (χ0v) is 21.5. The lowest BCUT2D eigenvalue weighted by atomic mass is 10.1. The van der Waals surface area contributed by atoms with E-state index in [0.29, 0.717) is 24.2 Å². The Morgan fingerprint density at radius 2 is 1.46 bits per heavy atom. The maximum absolute atomic E-state index is 12.5. The highest BCUT2D eigenvalue weighted by atomic mass is 16.3. The number of likely N-dealkylation sites (N-methyl/N-ethyl adjacent to an activating group) is 1. The largest absolute Gasteiger partial charge is 0.395 e. The summed E-state index contributed by atoms with van der Waals surface area (Å²) in [6.07, 6.45) is 15.0. The topological polar surface area (TPSA) is 69.6 Å². The highest BCUT2D eigenvalue weighted by Crippen LogP contribution is 2.16. The fourth-order valence-electron chi connectivity index (χ4n) is 3.92. The minimum Gasteiger partial charge on any atom is -0.395 e. The summed E-state index contributed by atoms with van der Waals surface area (Å²) in [6, 6.07) is 14.9. The Hall–Kier alpha value is -2.92. The van der Waals surface area contributed by atoms with Crippen molar-refractivity contribution in [2.75, 3.05) is 30.4 Å². The fourth-order valence-corrected chi connectivity index (χ4v) is 3.92. The number of carbonyl (C=O) groups is 2. The SMILES string of the molecule is CCCCCCCCCCCC(=O)Nc1ccc(C(=O)/C=C/c2ccc(N(C)CCO)cc2)cc1. The third-order valence-electron chi connectivity index (χ3n) is 6.16. The predicted octanol–water partition coefficient (Wildman–Crippen LogP) is 6.87. The van der Waals surface area contributed by atoms with Crippen molar-refractivity contribution in [3.05, 3.63) is 65.7 Å². The molecule has 190 valence electrons. The molecule has 0 saturated carbocycles. The summed E-state index contributed by atoms with van der Waals surface area (Å²) >= 11 is 0. The van der Waals surface area contributed by atoms with Crippen LogP contribution in [0.1, 0.15) is 87.1 Å². The number of nitrogens with zero attached hydrogens (tertiary/aromatic N) is 1. The van der Waals surface area contributed by atoms with Crippen molar-refractivity contribution < 1.29 is 14.7 Å². The monoisotopic (exact) mass is 478 g/mol. The van der Waals surface area contributed by atoms with Crippen LogP contribution in [0.15, 0.2) is 54.6 Å². The average Bonchev–Trinajstić information content (AvgIpc) is 2.87. The van der Waals surface area contributed by atoms with Crippen molar-refractivity contribution in [2.45, 2.75) is 71.1 Å². The number of carbonyl (C=O) groups excluding carboxylic acids is 2. The molecule has 5 heteroatoms. The quantitative estimate of drug-likeness (QED) is 0.148. The Morgan fingerprint density at radius 1 is 0.857 bits per heavy atom. The number of anilines is 2. The van der Waals surface area contributed by atoms with Gasteiger partial charge in [0.2, 0.25) is 5.91 Å². The summed E-state index contributed by atoms with van der Waals surface area (Å²) in [7, 11) is 1.92. The van der Waals surface area contributed by atoms with Gasteiger partial charge in [0.1, 0.15) is 0 Å². The molecule has 0 saturated heterocycles. The summed E-state index contributed by atoms with van der Waals surface area (Å²) in [5.74, 6) is -0.0564. The molecule has 0 unspecified atom stereocenters. The van der Waals surface area contributed by atoms with Crippen molar-refractivity contribution in [1.82, 2.24) is 0 Å². The minimum atomic E-state index is -0.0842. The molecule has 0 heterocycles. The van der Waals surface area contributed by atoms with Crippen LogP contribution in [-0.2, 0) is 4.79 Å². The number of rotatable bonds is 17. The molecule has 5 nitrogen and oxygen atoms in total. The number of hydrogen-bond donors (Lipinski definition) is 2. The molecule has 0 aliphatic carbocycles. The van der Waals surface area contributed by atoms with Gasteiger partial charge in [-0.25, -0.2) is 0 Å². The van der Waals surface area contributed by atoms with E-state index >= 15 is 0 Å². The number of unbranched alkanes of at least 4 members (excludes halogenated alkanes) is 8. The van der Waals surface area contributed by atoms with Gasteiger partial charge in [-0.1, -0.05) is 76.5 Å². The van der Waals surface area contributed by atoms with Gasteiger partial charge >= 0.3 is 0 Å². The number of aliphatic hydroxyl groups is 1. The second kappa shape index (κ2) is 16.7. The Balaban J connectivity index is 1.70. The van der Waals surface area contributed by atoms with Crippen LogP contribution in [0.2, 0.25) is 0 Å². The molecule has 0 aromatic heterocycles. The maximum Gasteiger partial charge on any atom is 0.224 e. The third-order valence-corrected chi connectivity index (χ3v) is 6.16. The van der Waals surface area contributed by atoms with Crippen LogP contribution in [0.3, 0.4) is 0 Å². The van der Waals surface area contributed by atoms with Crippen LogP contribution in [-0.4, -0.2) is 37.0 Å². The highest BCUT2D eigenvalue weighted by Gasteiger charge is 2.05. The molecule has 1 amide bonds. The Kier molecular flexibility index (Phi) is 13.5. The molecule has 0 aliphatic heterocycles. The number of nitrogens with one attached hydrogen (secondary N) is 1. The van der Waals surface area contributed by atoms with Gasteiger partial charge in [-0.05, 0) is 54.5 Å². The van der Waals surface area contributed by atoms with E-state index in [9.17, 15) is 9.59 Å². The van der Waals surface area contributed by atoms with Gasteiger partial charge in [0.15, 0.2) is 5.78 Å². The van der Waals surface area contributed by atoms with E-state index in [1.165, 1.54) is 44.9 Å². The summed E-state index contributed by atoms with van der Waals surface area (Å²) in [5, 5.41) is 12.0. The van der Waals surface area contributed by atoms with Gasteiger partial charge in [-0.2, -0.15) is 0 Å². The molecule has 0 bridgehead atoms. The first kappa shape index (κ1) is 28.3. The number of benzene rings is 2. The van der Waals surface area contributed by atoms with Crippen molar-refractivity contribution >= 4 is 29.1 Å². The molecule has 0 fully saturated rings. The summed E-state index contributed by atoms with van der Waals surface area (Å²) in [6.45, 7) is 2.91. The predicted molar refractivity (Wildman–Crippen MR) is 147 cm³/mol. The van der Waals surface area contributed by atoms with E-state index in [4.69, 9.17) is 5.11 Å². The van der Waals surface area contributed by atoms with Crippen molar-refractivity contribution in [2.24, 2.45) is 0 Å². The van der Waals surface area contributed by atoms with Crippen LogP contribution in [0.25, 0.3) is 6.08 Å². The summed E-state index contributed by atoms with van der Waals surface area (Å²) < 4.78 is 0.